The minimum Gasteiger partial charge on any atom is -0.314 e. The summed E-state index contributed by atoms with van der Waals surface area (Å²) < 4.78 is 0. The molecule has 2 unspecified atom stereocenters. The molecule has 0 radical (unpaired) electrons. The molecule has 0 amide bonds. The van der Waals surface area contributed by atoms with Crippen LogP contribution < -0.4 is 5.32 Å². The van der Waals surface area contributed by atoms with Crippen molar-refractivity contribution in [1.82, 2.24) is 5.32 Å². The molecule has 0 saturated carbocycles. The first-order valence-electron chi connectivity index (χ1n) is 2.74. The first kappa shape index (κ1) is 7.39. The van der Waals surface area contributed by atoms with Crippen LogP contribution in [-0.4, -0.2) is 12.8 Å². The molecule has 0 aliphatic carbocycles. The van der Waals surface area contributed by atoms with E-state index >= 15 is 0 Å². The lowest BCUT2D eigenvalue weighted by molar-refractivity contribution is 0.665. The van der Waals surface area contributed by atoms with Gasteiger partial charge in [-0.3, -0.25) is 0 Å². The molecule has 1 nitrogen and oxygen atoms in total. The fourth-order valence-electron chi connectivity index (χ4n) is 0.455. The highest BCUT2D eigenvalue weighted by atomic mass is 31.0. The van der Waals surface area contributed by atoms with Gasteiger partial charge in [-0.1, -0.05) is 13.3 Å². The largest absolute Gasteiger partial charge is 0.314 e. The third-order valence-electron chi connectivity index (χ3n) is 0.970. The molecule has 0 spiro atoms. The van der Waals surface area contributed by atoms with Gasteiger partial charge in [0.2, 0.25) is 0 Å². The monoisotopic (exact) mass is 119 g/mol. The van der Waals surface area contributed by atoms with Gasteiger partial charge in [-0.2, -0.15) is 0 Å². The summed E-state index contributed by atoms with van der Waals surface area (Å²) in [4.78, 5) is 0. The van der Waals surface area contributed by atoms with Crippen LogP contribution in [0.5, 0.6) is 0 Å². The van der Waals surface area contributed by atoms with E-state index in [4.69, 9.17) is 0 Å². The van der Waals surface area contributed by atoms with Gasteiger partial charge in [0.1, 0.15) is 0 Å². The number of nitrogens with one attached hydrogen (secondary N) is 1. The number of hydrogen-bond donors (Lipinski definition) is 1. The summed E-state index contributed by atoms with van der Waals surface area (Å²) in [6, 6.07) is 0. The first-order valence-corrected chi connectivity index (χ1v) is 3.40. The molecule has 1 N–H and O–H groups in total. The average Bonchev–Trinajstić information content (AvgIpc) is 1.68. The predicted molar refractivity (Wildman–Crippen MR) is 37.5 cm³/mol. The summed E-state index contributed by atoms with van der Waals surface area (Å²) in [5.74, 6) is 0.616. The minimum absolute atomic E-state index is 0.616. The Morgan fingerprint density at radius 2 is 2.29 bits per heavy atom. The maximum atomic E-state index is 3.13. The number of hydrogen-bond acceptors (Lipinski definition) is 1. The number of rotatable bonds is 3. The molecule has 0 aliphatic heterocycles. The van der Waals surface area contributed by atoms with E-state index in [1.165, 1.54) is 12.8 Å². The lowest BCUT2D eigenvalue weighted by atomic mass is 10.3. The van der Waals surface area contributed by atoms with E-state index in [2.05, 4.69) is 21.5 Å². The van der Waals surface area contributed by atoms with E-state index in [0.717, 1.165) is 0 Å². The molecule has 0 aliphatic rings. The van der Waals surface area contributed by atoms with Crippen LogP contribution >= 0.6 is 9.24 Å². The van der Waals surface area contributed by atoms with Gasteiger partial charge in [0, 0.05) is 5.78 Å². The molecule has 7 heavy (non-hydrogen) atoms. The van der Waals surface area contributed by atoms with Crippen LogP contribution in [0.2, 0.25) is 0 Å². The van der Waals surface area contributed by atoms with Crippen molar-refractivity contribution in [2.45, 2.75) is 25.5 Å². The van der Waals surface area contributed by atoms with Gasteiger partial charge in [0.05, 0.1) is 0 Å². The molecule has 0 aromatic carbocycles. The molecule has 0 rings (SSSR count). The summed E-state index contributed by atoms with van der Waals surface area (Å²) in [6.45, 7) is 2.19. The topological polar surface area (TPSA) is 12.0 Å². The fourth-order valence-corrected chi connectivity index (χ4v) is 0.789. The Hall–Kier alpha value is 0.390. The Balaban J connectivity index is 2.83. The molecule has 2 atom stereocenters. The van der Waals surface area contributed by atoms with Crippen molar-refractivity contribution in [1.29, 1.82) is 0 Å². The molecule has 0 saturated heterocycles. The third-order valence-corrected chi connectivity index (χ3v) is 1.64. The molecule has 0 fully saturated rings. The maximum absolute atomic E-state index is 3.13. The van der Waals surface area contributed by atoms with E-state index in [1.807, 2.05) is 7.05 Å². The van der Waals surface area contributed by atoms with Gasteiger partial charge in [0.25, 0.3) is 0 Å². The summed E-state index contributed by atoms with van der Waals surface area (Å²) in [7, 11) is 4.72. The standard InChI is InChI=1S/C5H14NP/c1-3-4-5(7)6-2/h5-6H,3-4,7H2,1-2H3. The highest BCUT2D eigenvalue weighted by Crippen LogP contribution is 2.01. The summed E-state index contributed by atoms with van der Waals surface area (Å²) >= 11 is 0. The van der Waals surface area contributed by atoms with Crippen molar-refractivity contribution in [2.75, 3.05) is 7.05 Å². The molecular weight excluding hydrogens is 105 g/mol. The zero-order valence-corrected chi connectivity index (χ0v) is 6.22. The first-order chi connectivity index (χ1) is 3.31. The second-order valence-electron chi connectivity index (χ2n) is 1.68. The second-order valence-corrected chi connectivity index (χ2v) is 2.49. The Bertz CT molecular complexity index is 39.1. The van der Waals surface area contributed by atoms with E-state index in [0.29, 0.717) is 5.78 Å². The van der Waals surface area contributed by atoms with Gasteiger partial charge >= 0.3 is 0 Å². The lowest BCUT2D eigenvalue weighted by Gasteiger charge is -2.05. The smallest absolute Gasteiger partial charge is 0.0208 e. The van der Waals surface area contributed by atoms with Crippen molar-refractivity contribution >= 4 is 9.24 Å². The van der Waals surface area contributed by atoms with E-state index < -0.39 is 0 Å². The van der Waals surface area contributed by atoms with Crippen LogP contribution in [0, 0.1) is 0 Å². The van der Waals surface area contributed by atoms with Gasteiger partial charge in [0.15, 0.2) is 0 Å². The summed E-state index contributed by atoms with van der Waals surface area (Å²) in [5, 5.41) is 3.13. The third kappa shape index (κ3) is 4.24. The minimum atomic E-state index is 0.616. The Morgan fingerprint density at radius 1 is 1.71 bits per heavy atom. The molecule has 44 valence electrons. The summed E-state index contributed by atoms with van der Waals surface area (Å²) in [6.07, 6.45) is 2.51. The van der Waals surface area contributed by atoms with Crippen molar-refractivity contribution in [3.05, 3.63) is 0 Å². The van der Waals surface area contributed by atoms with E-state index in [1.54, 1.807) is 0 Å². The predicted octanol–water partition coefficient (Wildman–Crippen LogP) is 1.21. The van der Waals surface area contributed by atoms with Crippen LogP contribution in [-0.2, 0) is 0 Å². The van der Waals surface area contributed by atoms with Crippen LogP contribution in [0.25, 0.3) is 0 Å². The zero-order chi connectivity index (χ0) is 5.70. The average molecular weight is 119 g/mol. The Kier molecular flexibility index (Phi) is 4.80. The molecular formula is C5H14NP. The van der Waals surface area contributed by atoms with Gasteiger partial charge in [-0.25, -0.2) is 0 Å². The highest BCUT2D eigenvalue weighted by Gasteiger charge is 1.91. The van der Waals surface area contributed by atoms with Crippen LogP contribution in [0.1, 0.15) is 19.8 Å². The molecule has 0 aromatic rings. The van der Waals surface area contributed by atoms with Crippen LogP contribution in [0.3, 0.4) is 0 Å². The molecule has 0 heterocycles. The van der Waals surface area contributed by atoms with Crippen LogP contribution in [0.15, 0.2) is 0 Å². The normalized spacial score (nSPS) is 14.1. The lowest BCUT2D eigenvalue weighted by Crippen LogP contribution is -2.16. The molecule has 0 bridgehead atoms. The van der Waals surface area contributed by atoms with Crippen molar-refractivity contribution in [3.8, 4) is 0 Å². The van der Waals surface area contributed by atoms with Crippen molar-refractivity contribution < 1.29 is 0 Å². The van der Waals surface area contributed by atoms with Crippen molar-refractivity contribution in [3.63, 3.8) is 0 Å². The molecule has 0 aromatic heterocycles. The Morgan fingerprint density at radius 3 is 2.43 bits per heavy atom. The van der Waals surface area contributed by atoms with Crippen LogP contribution in [0.4, 0.5) is 0 Å². The summed E-state index contributed by atoms with van der Waals surface area (Å²) in [5.41, 5.74) is 0. The zero-order valence-electron chi connectivity index (χ0n) is 5.07. The van der Waals surface area contributed by atoms with Gasteiger partial charge in [-0.15, -0.1) is 9.24 Å². The maximum Gasteiger partial charge on any atom is 0.0208 e. The fraction of sp³-hybridized carbons (Fsp3) is 1.00. The SMILES string of the molecule is CCCC(P)NC. The second kappa shape index (κ2) is 4.55. The van der Waals surface area contributed by atoms with E-state index in [9.17, 15) is 0 Å². The van der Waals surface area contributed by atoms with Gasteiger partial charge in [-0.05, 0) is 13.5 Å². The quantitative estimate of drug-likeness (QED) is 0.550. The van der Waals surface area contributed by atoms with Gasteiger partial charge < -0.3 is 5.32 Å². The Labute approximate surface area is 48.1 Å². The highest BCUT2D eigenvalue weighted by molar-refractivity contribution is 7.17. The van der Waals surface area contributed by atoms with Crippen molar-refractivity contribution in [2.24, 2.45) is 0 Å². The molecule has 2 heteroatoms. The van der Waals surface area contributed by atoms with E-state index in [-0.39, 0.29) is 0 Å².